The zero-order valence-corrected chi connectivity index (χ0v) is 15.2. The number of nitrogens with zero attached hydrogens (tertiary/aromatic N) is 3. The number of nitrogens with one attached hydrogen (secondary N) is 1. The van der Waals surface area contributed by atoms with E-state index in [-0.39, 0.29) is 5.91 Å². The molecule has 1 aromatic heterocycles. The van der Waals surface area contributed by atoms with Gasteiger partial charge in [0.15, 0.2) is 0 Å². The summed E-state index contributed by atoms with van der Waals surface area (Å²) in [6, 6.07) is 9.46. The van der Waals surface area contributed by atoms with E-state index in [2.05, 4.69) is 22.2 Å². The number of carbonyl (C=O) groups excluding carboxylic acids is 1. The number of piperidine rings is 1. The molecule has 1 atom stereocenters. The summed E-state index contributed by atoms with van der Waals surface area (Å²) in [5.74, 6) is 1.03. The Bertz CT molecular complexity index is 737. The third-order valence-corrected chi connectivity index (χ3v) is 4.64. The van der Waals surface area contributed by atoms with Crippen molar-refractivity contribution in [2.24, 2.45) is 5.92 Å². The molecule has 1 unspecified atom stereocenters. The number of aromatic nitrogens is 2. The van der Waals surface area contributed by atoms with Crippen molar-refractivity contribution in [1.82, 2.24) is 14.9 Å². The summed E-state index contributed by atoms with van der Waals surface area (Å²) in [4.78, 5) is 23.1. The average molecular weight is 359 g/mol. The topological polar surface area (TPSA) is 58.1 Å². The summed E-state index contributed by atoms with van der Waals surface area (Å²) in [6.07, 6.45) is 4.69. The van der Waals surface area contributed by atoms with Crippen molar-refractivity contribution in [3.05, 3.63) is 52.8 Å². The van der Waals surface area contributed by atoms with Crippen molar-refractivity contribution >= 4 is 23.5 Å². The molecular weight excluding hydrogens is 336 g/mol. The summed E-state index contributed by atoms with van der Waals surface area (Å²) in [5, 5.41) is 3.92. The number of benzene rings is 1. The molecule has 2 heterocycles. The number of hydrogen-bond acceptors (Lipinski definition) is 4. The van der Waals surface area contributed by atoms with Crippen LogP contribution in [0.4, 0.5) is 5.95 Å². The first-order valence-electron chi connectivity index (χ1n) is 8.72. The molecule has 0 radical (unpaired) electrons. The van der Waals surface area contributed by atoms with Crippen LogP contribution in [0.15, 0.2) is 36.5 Å². The Morgan fingerprint density at radius 3 is 3.08 bits per heavy atom. The van der Waals surface area contributed by atoms with Crippen molar-refractivity contribution in [3.8, 4) is 0 Å². The zero-order chi connectivity index (χ0) is 17.6. The lowest BCUT2D eigenvalue weighted by molar-refractivity contribution is 0.0677. The number of halogens is 1. The van der Waals surface area contributed by atoms with Crippen LogP contribution in [0.3, 0.4) is 0 Å². The molecule has 1 aliphatic heterocycles. The predicted molar refractivity (Wildman–Crippen MR) is 100.0 cm³/mol. The maximum Gasteiger partial charge on any atom is 0.272 e. The lowest BCUT2D eigenvalue weighted by Gasteiger charge is -2.30. The molecule has 0 aliphatic carbocycles. The SMILES string of the molecule is CC1CCCN(C(=O)c2ccnc(NCCc3cccc(Cl)c3)n2)C1. The van der Waals surface area contributed by atoms with Gasteiger partial charge < -0.3 is 10.2 Å². The molecule has 1 saturated heterocycles. The molecule has 25 heavy (non-hydrogen) atoms. The van der Waals surface area contributed by atoms with Gasteiger partial charge in [0.2, 0.25) is 5.95 Å². The Kier molecular flexibility index (Phi) is 5.87. The van der Waals surface area contributed by atoms with Gasteiger partial charge in [-0.25, -0.2) is 9.97 Å². The number of carbonyl (C=O) groups is 1. The van der Waals surface area contributed by atoms with Crippen molar-refractivity contribution in [3.63, 3.8) is 0 Å². The van der Waals surface area contributed by atoms with Gasteiger partial charge in [0.25, 0.3) is 5.91 Å². The largest absolute Gasteiger partial charge is 0.354 e. The average Bonchev–Trinajstić information content (AvgIpc) is 2.61. The highest BCUT2D eigenvalue weighted by Crippen LogP contribution is 2.17. The van der Waals surface area contributed by atoms with Crippen LogP contribution in [0.2, 0.25) is 5.02 Å². The van der Waals surface area contributed by atoms with Gasteiger partial charge in [-0.2, -0.15) is 0 Å². The highest BCUT2D eigenvalue weighted by molar-refractivity contribution is 6.30. The number of likely N-dealkylation sites (tertiary alicyclic amines) is 1. The minimum absolute atomic E-state index is 0.00755. The van der Waals surface area contributed by atoms with E-state index >= 15 is 0 Å². The number of rotatable bonds is 5. The van der Waals surface area contributed by atoms with Gasteiger partial charge in [-0.1, -0.05) is 30.7 Å². The molecule has 2 aromatic rings. The minimum Gasteiger partial charge on any atom is -0.354 e. The van der Waals surface area contributed by atoms with Crippen LogP contribution < -0.4 is 5.32 Å². The molecule has 1 aromatic carbocycles. The first kappa shape index (κ1) is 17.7. The van der Waals surface area contributed by atoms with Crippen LogP contribution in [0.25, 0.3) is 0 Å². The first-order valence-corrected chi connectivity index (χ1v) is 9.10. The Hall–Kier alpha value is -2.14. The molecule has 1 amide bonds. The van der Waals surface area contributed by atoms with Crippen molar-refractivity contribution in [2.75, 3.05) is 25.0 Å². The van der Waals surface area contributed by atoms with E-state index in [0.717, 1.165) is 36.5 Å². The van der Waals surface area contributed by atoms with E-state index < -0.39 is 0 Å². The molecule has 0 spiro atoms. The third-order valence-electron chi connectivity index (χ3n) is 4.40. The Labute approximate surface area is 153 Å². The fourth-order valence-electron chi connectivity index (χ4n) is 3.11. The zero-order valence-electron chi connectivity index (χ0n) is 14.4. The summed E-state index contributed by atoms with van der Waals surface area (Å²) in [5.41, 5.74) is 1.60. The van der Waals surface area contributed by atoms with E-state index in [1.54, 1.807) is 12.3 Å². The molecule has 132 valence electrons. The van der Waals surface area contributed by atoms with Gasteiger partial charge in [0.1, 0.15) is 5.69 Å². The van der Waals surface area contributed by atoms with Gasteiger partial charge in [-0.05, 0) is 48.9 Å². The molecule has 0 bridgehead atoms. The minimum atomic E-state index is -0.00755. The molecule has 1 N–H and O–H groups in total. The normalized spacial score (nSPS) is 17.4. The summed E-state index contributed by atoms with van der Waals surface area (Å²) in [6.45, 7) is 4.48. The second-order valence-corrected chi connectivity index (χ2v) is 7.01. The highest BCUT2D eigenvalue weighted by Gasteiger charge is 2.23. The van der Waals surface area contributed by atoms with E-state index in [4.69, 9.17) is 11.6 Å². The highest BCUT2D eigenvalue weighted by atomic mass is 35.5. The second kappa shape index (κ2) is 8.30. The van der Waals surface area contributed by atoms with Crippen LogP contribution in [0.5, 0.6) is 0 Å². The van der Waals surface area contributed by atoms with Gasteiger partial charge in [0, 0.05) is 30.9 Å². The Morgan fingerprint density at radius 1 is 1.40 bits per heavy atom. The molecule has 5 nitrogen and oxygen atoms in total. The van der Waals surface area contributed by atoms with Crippen molar-refractivity contribution in [2.45, 2.75) is 26.2 Å². The maximum atomic E-state index is 12.6. The Balaban J connectivity index is 1.58. The van der Waals surface area contributed by atoms with E-state index in [9.17, 15) is 4.79 Å². The standard InChI is InChI=1S/C19H23ClN4O/c1-14-4-3-11-24(13-14)18(25)17-8-10-22-19(23-17)21-9-7-15-5-2-6-16(20)12-15/h2,5-6,8,10,12,14H,3-4,7,9,11,13H2,1H3,(H,21,22,23). The van der Waals surface area contributed by atoms with Crippen LogP contribution in [-0.4, -0.2) is 40.4 Å². The quantitative estimate of drug-likeness (QED) is 0.886. The molecule has 3 rings (SSSR count). The fourth-order valence-corrected chi connectivity index (χ4v) is 3.32. The van der Waals surface area contributed by atoms with E-state index in [0.29, 0.717) is 24.1 Å². The molecule has 1 aliphatic rings. The van der Waals surface area contributed by atoms with Crippen LogP contribution in [0.1, 0.15) is 35.8 Å². The van der Waals surface area contributed by atoms with Gasteiger partial charge in [-0.15, -0.1) is 0 Å². The van der Waals surface area contributed by atoms with Gasteiger partial charge in [0.05, 0.1) is 0 Å². The fraction of sp³-hybridized carbons (Fsp3) is 0.421. The molecular formula is C19H23ClN4O. The summed E-state index contributed by atoms with van der Waals surface area (Å²) >= 11 is 5.99. The van der Waals surface area contributed by atoms with Gasteiger partial charge in [-0.3, -0.25) is 4.79 Å². The number of anilines is 1. The van der Waals surface area contributed by atoms with E-state index in [1.165, 1.54) is 6.42 Å². The van der Waals surface area contributed by atoms with E-state index in [1.807, 2.05) is 29.2 Å². The Morgan fingerprint density at radius 2 is 2.28 bits per heavy atom. The number of amides is 1. The third kappa shape index (κ3) is 4.92. The van der Waals surface area contributed by atoms with Crippen LogP contribution >= 0.6 is 11.6 Å². The predicted octanol–water partition coefficient (Wildman–Crippen LogP) is 3.66. The smallest absolute Gasteiger partial charge is 0.272 e. The lowest BCUT2D eigenvalue weighted by atomic mass is 10.00. The summed E-state index contributed by atoms with van der Waals surface area (Å²) < 4.78 is 0. The van der Waals surface area contributed by atoms with Crippen LogP contribution in [-0.2, 0) is 6.42 Å². The second-order valence-electron chi connectivity index (χ2n) is 6.57. The first-order chi connectivity index (χ1) is 12.1. The van der Waals surface area contributed by atoms with Crippen molar-refractivity contribution in [1.29, 1.82) is 0 Å². The molecule has 0 saturated carbocycles. The summed E-state index contributed by atoms with van der Waals surface area (Å²) in [7, 11) is 0. The van der Waals surface area contributed by atoms with Crippen molar-refractivity contribution < 1.29 is 4.79 Å². The monoisotopic (exact) mass is 358 g/mol. The molecule has 6 heteroatoms. The molecule has 1 fully saturated rings. The maximum absolute atomic E-state index is 12.6. The van der Waals surface area contributed by atoms with Crippen LogP contribution in [0, 0.1) is 5.92 Å². The number of hydrogen-bond donors (Lipinski definition) is 1. The lowest BCUT2D eigenvalue weighted by Crippen LogP contribution is -2.39. The van der Waals surface area contributed by atoms with Gasteiger partial charge >= 0.3 is 0 Å².